The molecule has 0 fully saturated rings. The van der Waals surface area contributed by atoms with Gasteiger partial charge in [0.05, 0.1) is 50.6 Å². The Balaban J connectivity index is 0.000000357. The average molecular weight is 1750 g/mol. The lowest BCUT2D eigenvalue weighted by Gasteiger charge is -2.51. The summed E-state index contributed by atoms with van der Waals surface area (Å²) in [4.78, 5) is 10.2. The molecule has 2 aromatic carbocycles. The van der Waals surface area contributed by atoms with Crippen LogP contribution in [0.15, 0.2) is 149 Å². The van der Waals surface area contributed by atoms with E-state index < -0.39 is 75.1 Å². The molecular weight excluding hydrogens is 1580 g/mol. The molecule has 2 aromatic rings. The number of hydrogen-bond donors (Lipinski definition) is 0. The topological polar surface area (TPSA) is 22.2 Å². The largest absolute Gasteiger partial charge is 0.379 e. The monoisotopic (exact) mass is 1750 g/mol. The first-order valence-electron chi connectivity index (χ1n) is 43.6. The number of halogens is 12. The predicted octanol–water partition coefficient (Wildman–Crippen LogP) is 33.0. The highest BCUT2D eigenvalue weighted by molar-refractivity contribution is 8.02. The molecule has 0 amide bonds. The van der Waals surface area contributed by atoms with Gasteiger partial charge in [0.25, 0.3) is 17.8 Å². The van der Waals surface area contributed by atoms with Crippen LogP contribution in [-0.4, -0.2) is 123 Å². The van der Waals surface area contributed by atoms with E-state index in [-0.39, 0.29) is 61.1 Å². The molecule has 5 nitrogen and oxygen atoms in total. The summed E-state index contributed by atoms with van der Waals surface area (Å²) >= 11 is 2.07. The van der Waals surface area contributed by atoms with E-state index in [0.717, 1.165) is 25.0 Å². The second-order valence-corrected chi connectivity index (χ2v) is 46.7. The molecule has 9 aliphatic rings. The van der Waals surface area contributed by atoms with E-state index in [1.807, 2.05) is 13.8 Å². The molecule has 0 N–H and O–H groups in total. The van der Waals surface area contributed by atoms with Crippen LogP contribution in [0.4, 0.5) is 64.1 Å². The van der Waals surface area contributed by atoms with Gasteiger partial charge >= 0.3 is 17.8 Å². The van der Waals surface area contributed by atoms with Crippen molar-refractivity contribution in [1.29, 1.82) is 0 Å². The fraction of sp³-hybridized carbons (Fsp3) is 0.712. The molecule has 18 heteroatoms. The highest BCUT2D eigenvalue weighted by atomic mass is 32.2. The third-order valence-electron chi connectivity index (χ3n) is 32.1. The Labute approximate surface area is 739 Å². The number of hydrogen-bond acceptors (Lipinski definition) is 6. The van der Waals surface area contributed by atoms with Crippen molar-refractivity contribution in [2.45, 2.75) is 466 Å². The second kappa shape index (κ2) is 34.8. The van der Waals surface area contributed by atoms with Crippen LogP contribution in [0.25, 0.3) is 0 Å². The number of benzene rings is 2. The van der Waals surface area contributed by atoms with Gasteiger partial charge in [-0.25, -0.2) is 26.3 Å². The van der Waals surface area contributed by atoms with E-state index in [9.17, 15) is 52.7 Å². The zero-order valence-corrected chi connectivity index (χ0v) is 86.8. The number of allylic oxidation sites excluding steroid dienone is 6. The van der Waals surface area contributed by atoms with Gasteiger partial charge in [0.15, 0.2) is 0 Å². The Morgan fingerprint density at radius 1 is 0.287 bits per heavy atom. The first kappa shape index (κ1) is 111. The first-order valence-corrected chi connectivity index (χ1v) is 44.4. The van der Waals surface area contributed by atoms with Gasteiger partial charge in [0.1, 0.15) is 0 Å². The lowest BCUT2D eigenvalue weighted by molar-refractivity contribution is -0.264. The Hall–Kier alpha value is -4.91. The summed E-state index contributed by atoms with van der Waals surface area (Å²) in [6.07, 6.45) is -1.36. The molecule has 0 bridgehead atoms. The Bertz CT molecular complexity index is 4100. The lowest BCUT2D eigenvalue weighted by Crippen LogP contribution is -2.59. The van der Waals surface area contributed by atoms with Crippen LogP contribution < -0.4 is 9.80 Å². The summed E-state index contributed by atoms with van der Waals surface area (Å²) in [7, 11) is 2.21. The molecular formula is C104H166F12N4OS. The quantitative estimate of drug-likeness (QED) is 0.219. The molecule has 0 saturated carbocycles. The third-order valence-corrected chi connectivity index (χ3v) is 33.8. The smallest absolute Gasteiger partial charge is 0.361 e. The molecule has 3 aliphatic carbocycles. The zero-order chi connectivity index (χ0) is 97.3. The van der Waals surface area contributed by atoms with Crippen LogP contribution in [0.2, 0.25) is 0 Å². The van der Waals surface area contributed by atoms with Crippen LogP contribution in [0.3, 0.4) is 0 Å². The van der Waals surface area contributed by atoms with Crippen molar-refractivity contribution in [3.05, 3.63) is 160 Å². The molecule has 0 unspecified atom stereocenters. The summed E-state index contributed by atoms with van der Waals surface area (Å²) in [6.45, 7) is 107. The summed E-state index contributed by atoms with van der Waals surface area (Å²) in [5.41, 5.74) is 20.8. The fourth-order valence-corrected chi connectivity index (χ4v) is 22.3. The maximum absolute atomic E-state index is 14.0. The zero-order valence-electron chi connectivity index (χ0n) is 86.0. The predicted molar refractivity (Wildman–Crippen MR) is 502 cm³/mol. The molecule has 698 valence electrons. The molecule has 6 aliphatic heterocycles. The van der Waals surface area contributed by atoms with Crippen LogP contribution in [0.1, 0.15) is 357 Å². The van der Waals surface area contributed by atoms with E-state index in [4.69, 9.17) is 4.74 Å². The molecule has 0 atom stereocenters. The number of thioether (sulfide) groups is 1. The maximum atomic E-state index is 14.0. The van der Waals surface area contributed by atoms with Crippen molar-refractivity contribution < 1.29 is 57.4 Å². The van der Waals surface area contributed by atoms with Crippen molar-refractivity contribution in [3.8, 4) is 0 Å². The van der Waals surface area contributed by atoms with Crippen molar-refractivity contribution in [1.82, 2.24) is 9.80 Å². The lowest BCUT2D eigenvalue weighted by atomic mass is 9.75. The van der Waals surface area contributed by atoms with E-state index >= 15 is 0 Å². The molecule has 122 heavy (non-hydrogen) atoms. The van der Waals surface area contributed by atoms with E-state index in [1.165, 1.54) is 78.2 Å². The van der Waals surface area contributed by atoms with Gasteiger partial charge in [-0.3, -0.25) is 9.80 Å². The molecule has 11 rings (SSSR count). The number of para-hydroxylation sites is 2. The fourth-order valence-electron chi connectivity index (χ4n) is 20.4. The standard InChI is InChI=1S/C18H27N.C16H23N.C14H27N.C11H18F2.C11H21N.C10H18O.C10H18S.C7H6F6.C7H8F4/c1-12-10-9-11-13(2)16(12)19-17(5,6)14(3)15(4)18(19,7)8;1-12-13(2)16(5,6)17(15(12,3)4)14-10-8-7-9-11-14;1-10-11(2)14(8,9)15(12(3,4)5)13(10,6)7;1-7-8(2)10(5,6)11(12,13)9(7,3)4;1-8-9(2)11(5,6)12(7)10(8,3)4;2*1-7-8(2)10(5,6)11-9(7,3)4;1-3-4(2)6(10,11)7(12,13)5(3,8)9;1-4-5(2)7(10,11)3-6(4,8)9/h9-11H,1-8H3;7-11H,1-6H3;1-9H3;1-6H3;1-7H3;2*1-6H3;1-2H3;3H2,1-2H3. The number of nitrogens with zero attached hydrogens (tertiary/aromatic N) is 4. The summed E-state index contributed by atoms with van der Waals surface area (Å²) in [6, 6.07) is 17.3. The van der Waals surface area contributed by atoms with E-state index in [2.05, 4.69) is 371 Å². The summed E-state index contributed by atoms with van der Waals surface area (Å²) < 4.78 is 160. The van der Waals surface area contributed by atoms with Gasteiger partial charge in [-0.05, 0) is 389 Å². The highest BCUT2D eigenvalue weighted by Crippen LogP contribution is 2.64. The molecule has 0 saturated heterocycles. The number of rotatable bonds is 2. The highest BCUT2D eigenvalue weighted by Gasteiger charge is 2.78. The van der Waals surface area contributed by atoms with Crippen LogP contribution in [0, 0.1) is 24.7 Å². The minimum Gasteiger partial charge on any atom is -0.361 e. The Morgan fingerprint density at radius 3 is 0.721 bits per heavy atom. The van der Waals surface area contributed by atoms with Crippen molar-refractivity contribution >= 4 is 23.1 Å². The Morgan fingerprint density at radius 2 is 0.549 bits per heavy atom. The number of aryl methyl sites for hydroxylation is 2. The SMILES string of the molecule is CC1=C(C)C(C)(C)C(F)(F)C1(C)C.CC1=C(C)C(C)(C)N(C(C)(C)C)C1(C)C.CC1=C(C)C(C)(C)N(C)C1(C)C.CC1=C(C)C(C)(C)N(c2c(C)cccc2C)C1(C)C.CC1=C(C)C(C)(C)N(c2ccccc2)C1(C)C.CC1=C(C)C(C)(C)OC1(C)C.CC1=C(C)C(C)(C)SC1(C)C.CC1=C(C)C(F)(F)C(F)(F)C1(F)F.CC1=C(C)C(F)(F)CC1(F)F. The maximum Gasteiger partial charge on any atom is 0.379 e. The Kier molecular flexibility index (Phi) is 31.8. The number of ether oxygens (including phenoxy) is 1. The molecule has 6 heterocycles. The number of alkyl halides is 12. The van der Waals surface area contributed by atoms with Gasteiger partial charge in [0.2, 0.25) is 0 Å². The average Bonchev–Trinajstić information content (AvgIpc) is 1.55. The van der Waals surface area contributed by atoms with Gasteiger partial charge in [-0.2, -0.15) is 26.3 Å². The first-order chi connectivity index (χ1) is 53.5. The molecule has 0 spiro atoms. The minimum atomic E-state index is -5.31. The van der Waals surface area contributed by atoms with Gasteiger partial charge < -0.3 is 14.5 Å². The third kappa shape index (κ3) is 19.5. The van der Waals surface area contributed by atoms with Crippen molar-refractivity contribution in [3.63, 3.8) is 0 Å². The number of likely N-dealkylation sites (N-methyl/N-ethyl adjacent to an activating group) is 1. The van der Waals surface area contributed by atoms with E-state index in [0.29, 0.717) is 23.3 Å². The molecule has 0 aromatic heterocycles. The van der Waals surface area contributed by atoms with Gasteiger partial charge in [-0.15, -0.1) is 11.8 Å². The van der Waals surface area contributed by atoms with Crippen molar-refractivity contribution in [2.24, 2.45) is 10.8 Å². The van der Waals surface area contributed by atoms with Crippen LogP contribution >= 0.6 is 11.8 Å². The van der Waals surface area contributed by atoms with Crippen LogP contribution in [-0.2, 0) is 4.74 Å². The number of anilines is 2. The van der Waals surface area contributed by atoms with Gasteiger partial charge in [0, 0.05) is 70.9 Å². The van der Waals surface area contributed by atoms with Crippen LogP contribution in [0.5, 0.6) is 0 Å². The summed E-state index contributed by atoms with van der Waals surface area (Å²) in [5.74, 6) is -24.1. The van der Waals surface area contributed by atoms with Crippen molar-refractivity contribution in [2.75, 3.05) is 16.8 Å². The molecule has 0 radical (unpaired) electrons. The second-order valence-electron chi connectivity index (χ2n) is 44.4. The normalized spacial score (nSPS) is 26.2. The summed E-state index contributed by atoms with van der Waals surface area (Å²) in [5, 5.41) is 0. The minimum absolute atomic E-state index is 0.0619. The van der Waals surface area contributed by atoms with Gasteiger partial charge in [-0.1, -0.05) is 109 Å². The van der Waals surface area contributed by atoms with E-state index in [1.54, 1.807) is 38.8 Å².